The molecule has 2 aromatic rings. The monoisotopic (exact) mass is 260 g/mol. The molecule has 5 nitrogen and oxygen atoms in total. The van der Waals surface area contributed by atoms with Gasteiger partial charge in [0.15, 0.2) is 0 Å². The highest BCUT2D eigenvalue weighted by Crippen LogP contribution is 2.20. The zero-order chi connectivity index (χ0) is 13.8. The van der Waals surface area contributed by atoms with Crippen molar-refractivity contribution in [3.8, 4) is 0 Å². The number of ether oxygens (including phenoxy) is 1. The van der Waals surface area contributed by atoms with E-state index in [1.807, 2.05) is 31.2 Å². The van der Waals surface area contributed by atoms with Gasteiger partial charge in [-0.05, 0) is 38.5 Å². The van der Waals surface area contributed by atoms with Gasteiger partial charge in [-0.3, -0.25) is 0 Å². The standard InChI is InChI=1S/C14H16N2O3/c1-4-18-13(17)12-10(3)15-14(19-12)16-11-7-5-6-9(2)8-11/h5-8H,4H2,1-3H3,(H,15,16). The lowest BCUT2D eigenvalue weighted by Gasteiger charge is -2.02. The number of aromatic nitrogens is 1. The van der Waals surface area contributed by atoms with Crippen LogP contribution in [-0.2, 0) is 4.74 Å². The lowest BCUT2D eigenvalue weighted by atomic mass is 10.2. The molecule has 0 bridgehead atoms. The normalized spacial score (nSPS) is 10.3. The van der Waals surface area contributed by atoms with Crippen LogP contribution in [0.2, 0.25) is 0 Å². The first-order valence-corrected chi connectivity index (χ1v) is 6.08. The molecule has 1 aromatic heterocycles. The van der Waals surface area contributed by atoms with E-state index in [4.69, 9.17) is 9.15 Å². The number of carbonyl (C=O) groups is 1. The molecule has 0 fully saturated rings. The SMILES string of the molecule is CCOC(=O)c1oc(Nc2cccc(C)c2)nc1C. The first-order valence-electron chi connectivity index (χ1n) is 6.08. The van der Waals surface area contributed by atoms with Crippen LogP contribution in [0.25, 0.3) is 0 Å². The predicted molar refractivity (Wildman–Crippen MR) is 71.7 cm³/mol. The third-order valence-corrected chi connectivity index (χ3v) is 2.53. The molecule has 0 atom stereocenters. The summed E-state index contributed by atoms with van der Waals surface area (Å²) in [4.78, 5) is 15.8. The van der Waals surface area contributed by atoms with Gasteiger partial charge in [-0.15, -0.1) is 0 Å². The summed E-state index contributed by atoms with van der Waals surface area (Å²) in [7, 11) is 0. The highest BCUT2D eigenvalue weighted by atomic mass is 16.5. The molecule has 0 unspecified atom stereocenters. The highest BCUT2D eigenvalue weighted by Gasteiger charge is 2.18. The number of oxazole rings is 1. The number of hydrogen-bond acceptors (Lipinski definition) is 5. The third-order valence-electron chi connectivity index (χ3n) is 2.53. The summed E-state index contributed by atoms with van der Waals surface area (Å²) in [6, 6.07) is 8.07. The Bertz CT molecular complexity index is 590. The van der Waals surface area contributed by atoms with Crippen molar-refractivity contribution in [2.45, 2.75) is 20.8 Å². The summed E-state index contributed by atoms with van der Waals surface area (Å²) in [5, 5.41) is 3.02. The Hall–Kier alpha value is -2.30. The topological polar surface area (TPSA) is 64.4 Å². The van der Waals surface area contributed by atoms with Crippen LogP contribution in [-0.4, -0.2) is 17.6 Å². The van der Waals surface area contributed by atoms with E-state index in [-0.39, 0.29) is 11.8 Å². The lowest BCUT2D eigenvalue weighted by Crippen LogP contribution is -2.04. The smallest absolute Gasteiger partial charge is 0.376 e. The maximum Gasteiger partial charge on any atom is 0.376 e. The van der Waals surface area contributed by atoms with Crippen molar-refractivity contribution in [1.82, 2.24) is 4.98 Å². The molecule has 19 heavy (non-hydrogen) atoms. The van der Waals surface area contributed by atoms with Crippen molar-refractivity contribution in [2.75, 3.05) is 11.9 Å². The minimum absolute atomic E-state index is 0.136. The number of aryl methyl sites for hydroxylation is 2. The summed E-state index contributed by atoms with van der Waals surface area (Å²) < 4.78 is 10.3. The van der Waals surface area contributed by atoms with Crippen LogP contribution in [0.3, 0.4) is 0 Å². The second-order valence-electron chi connectivity index (χ2n) is 4.15. The number of nitrogens with one attached hydrogen (secondary N) is 1. The first-order chi connectivity index (χ1) is 9.10. The molecule has 0 amide bonds. The van der Waals surface area contributed by atoms with Crippen LogP contribution in [0.15, 0.2) is 28.7 Å². The van der Waals surface area contributed by atoms with Gasteiger partial charge in [-0.1, -0.05) is 12.1 Å². The maximum absolute atomic E-state index is 11.6. The van der Waals surface area contributed by atoms with Gasteiger partial charge in [0, 0.05) is 5.69 Å². The fraction of sp³-hybridized carbons (Fsp3) is 0.286. The summed E-state index contributed by atoms with van der Waals surface area (Å²) in [5.41, 5.74) is 2.49. The third kappa shape index (κ3) is 3.13. The lowest BCUT2D eigenvalue weighted by molar-refractivity contribution is 0.0490. The minimum Gasteiger partial charge on any atom is -0.460 e. The molecule has 0 radical (unpaired) electrons. The molecule has 0 saturated heterocycles. The molecule has 1 aromatic carbocycles. The van der Waals surface area contributed by atoms with E-state index < -0.39 is 5.97 Å². The van der Waals surface area contributed by atoms with Gasteiger partial charge in [0.25, 0.3) is 6.01 Å². The van der Waals surface area contributed by atoms with Crippen molar-refractivity contribution in [2.24, 2.45) is 0 Å². The van der Waals surface area contributed by atoms with E-state index in [1.54, 1.807) is 13.8 Å². The average molecular weight is 260 g/mol. The highest BCUT2D eigenvalue weighted by molar-refractivity contribution is 5.87. The van der Waals surface area contributed by atoms with Crippen molar-refractivity contribution < 1.29 is 13.9 Å². The Morgan fingerprint density at radius 2 is 2.21 bits per heavy atom. The molecule has 0 saturated carbocycles. The van der Waals surface area contributed by atoms with Gasteiger partial charge in [0.05, 0.1) is 12.3 Å². The van der Waals surface area contributed by atoms with Crippen LogP contribution >= 0.6 is 0 Å². The van der Waals surface area contributed by atoms with Gasteiger partial charge in [-0.2, -0.15) is 4.98 Å². The zero-order valence-electron chi connectivity index (χ0n) is 11.2. The minimum atomic E-state index is -0.496. The van der Waals surface area contributed by atoms with Crippen LogP contribution in [0, 0.1) is 13.8 Å². The Labute approximate surface area is 111 Å². The van der Waals surface area contributed by atoms with Crippen molar-refractivity contribution in [3.63, 3.8) is 0 Å². The Kier molecular flexibility index (Phi) is 3.85. The number of carbonyl (C=O) groups excluding carboxylic acids is 1. The summed E-state index contributed by atoms with van der Waals surface area (Å²) in [6.45, 7) is 5.75. The van der Waals surface area contributed by atoms with E-state index in [0.29, 0.717) is 12.3 Å². The summed E-state index contributed by atoms with van der Waals surface area (Å²) in [6.07, 6.45) is 0. The molecule has 0 spiro atoms. The van der Waals surface area contributed by atoms with Gasteiger partial charge in [-0.25, -0.2) is 4.79 Å². The Morgan fingerprint density at radius 1 is 1.42 bits per heavy atom. The predicted octanol–water partition coefficient (Wildman–Crippen LogP) is 3.21. The quantitative estimate of drug-likeness (QED) is 0.855. The van der Waals surface area contributed by atoms with E-state index in [1.165, 1.54) is 0 Å². The first kappa shape index (κ1) is 13.1. The molecule has 5 heteroatoms. The van der Waals surface area contributed by atoms with E-state index in [9.17, 15) is 4.79 Å². The fourth-order valence-corrected chi connectivity index (χ4v) is 1.68. The van der Waals surface area contributed by atoms with Gasteiger partial charge in [0.2, 0.25) is 5.76 Å². The summed E-state index contributed by atoms with van der Waals surface area (Å²) >= 11 is 0. The number of benzene rings is 1. The Balaban J connectivity index is 2.18. The van der Waals surface area contributed by atoms with Crippen LogP contribution in [0.4, 0.5) is 11.7 Å². The van der Waals surface area contributed by atoms with Gasteiger partial charge < -0.3 is 14.5 Å². The van der Waals surface area contributed by atoms with Gasteiger partial charge in [0.1, 0.15) is 0 Å². The maximum atomic E-state index is 11.6. The van der Waals surface area contributed by atoms with Crippen molar-refractivity contribution in [3.05, 3.63) is 41.3 Å². The van der Waals surface area contributed by atoms with Crippen LogP contribution in [0.5, 0.6) is 0 Å². The number of anilines is 2. The average Bonchev–Trinajstić information content (AvgIpc) is 2.70. The van der Waals surface area contributed by atoms with E-state index >= 15 is 0 Å². The second kappa shape index (κ2) is 5.56. The molecular weight excluding hydrogens is 244 g/mol. The van der Waals surface area contributed by atoms with Crippen LogP contribution in [0.1, 0.15) is 28.7 Å². The Morgan fingerprint density at radius 3 is 2.89 bits per heavy atom. The number of hydrogen-bond donors (Lipinski definition) is 1. The zero-order valence-corrected chi connectivity index (χ0v) is 11.2. The molecule has 1 heterocycles. The van der Waals surface area contributed by atoms with Crippen molar-refractivity contribution in [1.29, 1.82) is 0 Å². The van der Waals surface area contributed by atoms with Crippen molar-refractivity contribution >= 4 is 17.7 Å². The second-order valence-corrected chi connectivity index (χ2v) is 4.15. The molecular formula is C14H16N2O3. The largest absolute Gasteiger partial charge is 0.460 e. The molecule has 0 aliphatic heterocycles. The molecule has 2 rings (SSSR count). The van der Waals surface area contributed by atoms with E-state index in [2.05, 4.69) is 10.3 Å². The molecule has 0 aliphatic carbocycles. The molecule has 0 aliphatic rings. The van der Waals surface area contributed by atoms with Crippen LogP contribution < -0.4 is 5.32 Å². The molecule has 1 N–H and O–H groups in total. The fourth-order valence-electron chi connectivity index (χ4n) is 1.68. The number of esters is 1. The van der Waals surface area contributed by atoms with Gasteiger partial charge >= 0.3 is 5.97 Å². The van der Waals surface area contributed by atoms with E-state index in [0.717, 1.165) is 11.3 Å². The summed E-state index contributed by atoms with van der Waals surface area (Å²) in [5.74, 6) is -0.359. The molecule has 100 valence electrons. The number of rotatable bonds is 4. The number of nitrogens with zero attached hydrogens (tertiary/aromatic N) is 1.